The topological polar surface area (TPSA) is 49.3 Å². The second-order valence-corrected chi connectivity index (χ2v) is 4.57. The number of aliphatic hydroxyl groups excluding tert-OH is 1. The standard InChI is InChI=1S/C16H17NO2/c1-11-5-3-4-6-15(11)16(19)17-14-9-7-13(8-10-14)12(2)18/h3-10,12,18H,1-2H3,(H,17,19)/t12-/m1/s1. The largest absolute Gasteiger partial charge is 0.389 e. The molecule has 0 fully saturated rings. The number of hydrogen-bond donors (Lipinski definition) is 2. The predicted octanol–water partition coefficient (Wildman–Crippen LogP) is 3.30. The number of carbonyl (C=O) groups excluding carboxylic acids is 1. The number of benzene rings is 2. The molecule has 1 amide bonds. The molecule has 2 N–H and O–H groups in total. The van der Waals surface area contributed by atoms with Gasteiger partial charge in [-0.2, -0.15) is 0 Å². The number of nitrogens with one attached hydrogen (secondary N) is 1. The highest BCUT2D eigenvalue weighted by Crippen LogP contribution is 2.17. The van der Waals surface area contributed by atoms with Gasteiger partial charge in [-0.05, 0) is 43.2 Å². The van der Waals surface area contributed by atoms with Crippen LogP contribution < -0.4 is 5.32 Å². The van der Waals surface area contributed by atoms with Gasteiger partial charge in [0, 0.05) is 11.3 Å². The molecule has 0 saturated heterocycles. The lowest BCUT2D eigenvalue weighted by Gasteiger charge is -2.09. The van der Waals surface area contributed by atoms with Gasteiger partial charge in [0.05, 0.1) is 6.10 Å². The van der Waals surface area contributed by atoms with Crippen LogP contribution in [0.15, 0.2) is 48.5 Å². The van der Waals surface area contributed by atoms with Gasteiger partial charge in [-0.15, -0.1) is 0 Å². The van der Waals surface area contributed by atoms with Gasteiger partial charge in [-0.3, -0.25) is 4.79 Å². The molecule has 2 rings (SSSR count). The third-order valence-electron chi connectivity index (χ3n) is 3.04. The van der Waals surface area contributed by atoms with Crippen LogP contribution in [0.1, 0.15) is 34.5 Å². The number of amides is 1. The van der Waals surface area contributed by atoms with E-state index in [0.29, 0.717) is 5.56 Å². The van der Waals surface area contributed by atoms with E-state index in [0.717, 1.165) is 16.8 Å². The Morgan fingerprint density at radius 1 is 1.11 bits per heavy atom. The van der Waals surface area contributed by atoms with Crippen LogP contribution >= 0.6 is 0 Å². The van der Waals surface area contributed by atoms with Crippen LogP contribution in [0, 0.1) is 6.92 Å². The van der Waals surface area contributed by atoms with Crippen LogP contribution in [-0.4, -0.2) is 11.0 Å². The summed E-state index contributed by atoms with van der Waals surface area (Å²) in [6.07, 6.45) is -0.499. The lowest BCUT2D eigenvalue weighted by atomic mass is 10.1. The summed E-state index contributed by atoms with van der Waals surface area (Å²) >= 11 is 0. The first-order valence-corrected chi connectivity index (χ1v) is 6.23. The van der Waals surface area contributed by atoms with Gasteiger partial charge in [0.1, 0.15) is 0 Å². The molecule has 0 aliphatic rings. The highest BCUT2D eigenvalue weighted by Gasteiger charge is 2.08. The Balaban J connectivity index is 2.13. The first kappa shape index (κ1) is 13.3. The molecular formula is C16H17NO2. The molecule has 3 nitrogen and oxygen atoms in total. The minimum Gasteiger partial charge on any atom is -0.389 e. The average Bonchev–Trinajstić information content (AvgIpc) is 2.39. The van der Waals surface area contributed by atoms with Crippen molar-refractivity contribution in [3.8, 4) is 0 Å². The van der Waals surface area contributed by atoms with Gasteiger partial charge < -0.3 is 10.4 Å². The van der Waals surface area contributed by atoms with Crippen molar-refractivity contribution in [2.45, 2.75) is 20.0 Å². The maximum atomic E-state index is 12.1. The van der Waals surface area contributed by atoms with E-state index in [9.17, 15) is 9.90 Å². The van der Waals surface area contributed by atoms with Crippen LogP contribution in [0.25, 0.3) is 0 Å². The lowest BCUT2D eigenvalue weighted by Crippen LogP contribution is -2.13. The van der Waals surface area contributed by atoms with E-state index < -0.39 is 6.10 Å². The molecule has 0 spiro atoms. The quantitative estimate of drug-likeness (QED) is 0.884. The molecule has 1 atom stereocenters. The number of hydrogen-bond acceptors (Lipinski definition) is 2. The average molecular weight is 255 g/mol. The fourth-order valence-electron chi connectivity index (χ4n) is 1.87. The minimum atomic E-state index is -0.499. The fourth-order valence-corrected chi connectivity index (χ4v) is 1.87. The first-order chi connectivity index (χ1) is 9.08. The Bertz CT molecular complexity index is 574. The maximum absolute atomic E-state index is 12.1. The SMILES string of the molecule is Cc1ccccc1C(=O)Nc1ccc([C@@H](C)O)cc1. The second-order valence-electron chi connectivity index (χ2n) is 4.57. The van der Waals surface area contributed by atoms with Crippen molar-refractivity contribution in [3.63, 3.8) is 0 Å². The molecule has 2 aromatic carbocycles. The van der Waals surface area contributed by atoms with Crippen molar-refractivity contribution >= 4 is 11.6 Å². The van der Waals surface area contributed by atoms with E-state index in [1.807, 2.05) is 25.1 Å². The third-order valence-corrected chi connectivity index (χ3v) is 3.04. The van der Waals surface area contributed by atoms with Crippen LogP contribution in [0.2, 0.25) is 0 Å². The summed E-state index contributed by atoms with van der Waals surface area (Å²) in [5.74, 6) is -0.122. The van der Waals surface area contributed by atoms with E-state index >= 15 is 0 Å². The molecule has 19 heavy (non-hydrogen) atoms. The first-order valence-electron chi connectivity index (χ1n) is 6.23. The molecule has 0 aliphatic heterocycles. The summed E-state index contributed by atoms with van der Waals surface area (Å²) in [4.78, 5) is 12.1. The van der Waals surface area contributed by atoms with Crippen molar-refractivity contribution < 1.29 is 9.90 Å². The summed E-state index contributed by atoms with van der Waals surface area (Å²) < 4.78 is 0. The molecule has 3 heteroatoms. The van der Waals surface area contributed by atoms with Gasteiger partial charge in [0.15, 0.2) is 0 Å². The number of rotatable bonds is 3. The van der Waals surface area contributed by atoms with E-state index in [4.69, 9.17) is 0 Å². The maximum Gasteiger partial charge on any atom is 0.255 e. The van der Waals surface area contributed by atoms with E-state index in [1.165, 1.54) is 0 Å². The van der Waals surface area contributed by atoms with Gasteiger partial charge in [-0.25, -0.2) is 0 Å². The molecule has 0 radical (unpaired) electrons. The third kappa shape index (κ3) is 3.20. The summed E-state index contributed by atoms with van der Waals surface area (Å²) in [6.45, 7) is 3.62. The van der Waals surface area contributed by atoms with Crippen molar-refractivity contribution in [2.75, 3.05) is 5.32 Å². The molecular weight excluding hydrogens is 238 g/mol. The Labute approximate surface area is 112 Å². The van der Waals surface area contributed by atoms with Gasteiger partial charge in [0.2, 0.25) is 0 Å². The molecule has 0 heterocycles. The molecule has 0 aromatic heterocycles. The highest BCUT2D eigenvalue weighted by molar-refractivity contribution is 6.05. The minimum absolute atomic E-state index is 0.122. The number of anilines is 1. The highest BCUT2D eigenvalue weighted by atomic mass is 16.3. The second kappa shape index (κ2) is 5.67. The zero-order valence-electron chi connectivity index (χ0n) is 11.1. The Morgan fingerprint density at radius 3 is 2.32 bits per heavy atom. The predicted molar refractivity (Wildman–Crippen MR) is 76.2 cm³/mol. The van der Waals surface area contributed by atoms with Crippen molar-refractivity contribution in [2.24, 2.45) is 0 Å². The summed E-state index contributed by atoms with van der Waals surface area (Å²) in [5, 5.41) is 12.3. The van der Waals surface area contributed by atoms with E-state index in [-0.39, 0.29) is 5.91 Å². The zero-order chi connectivity index (χ0) is 13.8. The van der Waals surface area contributed by atoms with Crippen LogP contribution in [0.3, 0.4) is 0 Å². The van der Waals surface area contributed by atoms with Crippen molar-refractivity contribution in [1.82, 2.24) is 0 Å². The molecule has 0 bridgehead atoms. The van der Waals surface area contributed by atoms with Crippen LogP contribution in [0.5, 0.6) is 0 Å². The molecule has 0 aliphatic carbocycles. The van der Waals surface area contributed by atoms with E-state index in [2.05, 4.69) is 5.32 Å². The Kier molecular flexibility index (Phi) is 3.97. The molecule has 2 aromatic rings. The molecule has 98 valence electrons. The molecule has 0 saturated carbocycles. The summed E-state index contributed by atoms with van der Waals surface area (Å²) in [7, 11) is 0. The number of aryl methyl sites for hydroxylation is 1. The van der Waals surface area contributed by atoms with Gasteiger partial charge in [-0.1, -0.05) is 30.3 Å². The smallest absolute Gasteiger partial charge is 0.255 e. The van der Waals surface area contributed by atoms with Gasteiger partial charge in [0.25, 0.3) is 5.91 Å². The lowest BCUT2D eigenvalue weighted by molar-refractivity contribution is 0.102. The van der Waals surface area contributed by atoms with Crippen LogP contribution in [-0.2, 0) is 0 Å². The van der Waals surface area contributed by atoms with E-state index in [1.54, 1.807) is 37.3 Å². The monoisotopic (exact) mass is 255 g/mol. The summed E-state index contributed by atoms with van der Waals surface area (Å²) in [6, 6.07) is 14.6. The Morgan fingerprint density at radius 2 is 1.74 bits per heavy atom. The van der Waals surface area contributed by atoms with Gasteiger partial charge >= 0.3 is 0 Å². The normalized spacial score (nSPS) is 11.9. The van der Waals surface area contributed by atoms with Crippen molar-refractivity contribution in [1.29, 1.82) is 0 Å². The molecule has 0 unspecified atom stereocenters. The Hall–Kier alpha value is -2.13. The van der Waals surface area contributed by atoms with Crippen molar-refractivity contribution in [3.05, 3.63) is 65.2 Å². The number of aliphatic hydroxyl groups is 1. The fraction of sp³-hybridized carbons (Fsp3) is 0.188. The zero-order valence-corrected chi connectivity index (χ0v) is 11.1. The number of carbonyl (C=O) groups is 1. The van der Waals surface area contributed by atoms with Crippen LogP contribution in [0.4, 0.5) is 5.69 Å². The summed E-state index contributed by atoms with van der Waals surface area (Å²) in [5.41, 5.74) is 3.16.